The molecule has 1 aromatic heterocycles. The van der Waals surface area contributed by atoms with Crippen molar-refractivity contribution in [3.8, 4) is 11.5 Å². The van der Waals surface area contributed by atoms with Crippen molar-refractivity contribution < 1.29 is 37.4 Å². The van der Waals surface area contributed by atoms with E-state index in [0.717, 1.165) is 23.3 Å². The number of nitrogens with one attached hydrogen (secondary N) is 2. The summed E-state index contributed by atoms with van der Waals surface area (Å²) in [4.78, 5) is 39.6. The van der Waals surface area contributed by atoms with Crippen LogP contribution in [0.3, 0.4) is 0 Å². The summed E-state index contributed by atoms with van der Waals surface area (Å²) in [6.07, 6.45) is 0.614. The first kappa shape index (κ1) is 30.0. The Bertz CT molecular complexity index is 1380. The molecule has 0 saturated heterocycles. The van der Waals surface area contributed by atoms with Crippen molar-refractivity contribution in [1.82, 2.24) is 5.32 Å². The van der Waals surface area contributed by atoms with Gasteiger partial charge in [0.05, 0.1) is 12.1 Å². The van der Waals surface area contributed by atoms with Crippen LogP contribution in [0.15, 0.2) is 48.5 Å². The van der Waals surface area contributed by atoms with E-state index in [1.807, 2.05) is 0 Å². The molecule has 11 heteroatoms. The Balaban J connectivity index is 1.35. The molecule has 0 bridgehead atoms. The van der Waals surface area contributed by atoms with E-state index >= 15 is 0 Å². The average Bonchev–Trinajstić information content (AvgIpc) is 3.29. The minimum Gasteiger partial charge on any atom is -0.481 e. The van der Waals surface area contributed by atoms with E-state index < -0.39 is 35.7 Å². The fourth-order valence-corrected chi connectivity index (χ4v) is 5.76. The second kappa shape index (κ2) is 13.6. The van der Waals surface area contributed by atoms with Gasteiger partial charge in [-0.05, 0) is 93.1 Å². The van der Waals surface area contributed by atoms with Crippen LogP contribution in [0.1, 0.15) is 48.0 Å². The largest absolute Gasteiger partial charge is 0.481 e. The molecule has 8 nitrogen and oxygen atoms in total. The molecule has 0 aliphatic heterocycles. The van der Waals surface area contributed by atoms with Crippen LogP contribution in [-0.2, 0) is 27.2 Å². The highest BCUT2D eigenvalue weighted by atomic mass is 32.1. The van der Waals surface area contributed by atoms with Crippen molar-refractivity contribution in [2.24, 2.45) is 5.92 Å². The molecular formula is C30H32F2N2O6S. The second-order valence-electron chi connectivity index (χ2n) is 9.90. The van der Waals surface area contributed by atoms with Gasteiger partial charge in [0, 0.05) is 4.88 Å². The second-order valence-corrected chi connectivity index (χ2v) is 11.0. The van der Waals surface area contributed by atoms with Crippen LogP contribution in [0.2, 0.25) is 0 Å². The summed E-state index contributed by atoms with van der Waals surface area (Å²) in [7, 11) is 0. The smallest absolute Gasteiger partial charge is 0.347 e. The van der Waals surface area contributed by atoms with E-state index in [4.69, 9.17) is 14.2 Å². The highest BCUT2D eigenvalue weighted by Crippen LogP contribution is 2.39. The number of benzene rings is 2. The zero-order valence-electron chi connectivity index (χ0n) is 23.0. The quantitative estimate of drug-likeness (QED) is 0.234. The lowest BCUT2D eigenvalue weighted by atomic mass is 9.88. The Labute approximate surface area is 241 Å². The third-order valence-electron chi connectivity index (χ3n) is 6.56. The molecule has 0 saturated carbocycles. The normalized spacial score (nSPS) is 15.7. The van der Waals surface area contributed by atoms with E-state index in [2.05, 4.69) is 17.6 Å². The number of ether oxygens (including phenoxy) is 3. The molecule has 1 aliphatic carbocycles. The first-order valence-electron chi connectivity index (χ1n) is 13.4. The van der Waals surface area contributed by atoms with Crippen molar-refractivity contribution in [3.63, 3.8) is 0 Å². The number of hydrogen-bond acceptors (Lipinski definition) is 7. The van der Waals surface area contributed by atoms with E-state index in [-0.39, 0.29) is 19.1 Å². The summed E-state index contributed by atoms with van der Waals surface area (Å²) in [5, 5.41) is 6.04. The van der Waals surface area contributed by atoms with Gasteiger partial charge in [-0.2, -0.15) is 0 Å². The standard InChI is InChI=1S/C30H32F2N2O6S/c1-17-4-13-24-25(16-17)41-29(34-27(35)18(2)39-22-9-5-20(31)6-10-22)26(24)28(36)33-14-15-38-30(37)19(3)40-23-11-7-21(32)8-12-23/h5-12,17-19H,4,13-16H2,1-3H3,(H,33,36)(H,34,35). The monoisotopic (exact) mass is 586 g/mol. The molecular weight excluding hydrogens is 554 g/mol. The summed E-state index contributed by atoms with van der Waals surface area (Å²) in [6, 6.07) is 10.6. The van der Waals surface area contributed by atoms with Gasteiger partial charge in [-0.15, -0.1) is 11.3 Å². The van der Waals surface area contributed by atoms with E-state index in [1.54, 1.807) is 6.92 Å². The van der Waals surface area contributed by atoms with Crippen LogP contribution in [0.25, 0.3) is 0 Å². The van der Waals surface area contributed by atoms with Gasteiger partial charge in [0.1, 0.15) is 34.7 Å². The number of amides is 2. The zero-order valence-corrected chi connectivity index (χ0v) is 23.8. The molecule has 2 aromatic carbocycles. The van der Waals surface area contributed by atoms with Gasteiger partial charge in [-0.3, -0.25) is 9.59 Å². The van der Waals surface area contributed by atoms with Gasteiger partial charge in [-0.25, -0.2) is 13.6 Å². The lowest BCUT2D eigenvalue weighted by Crippen LogP contribution is -2.33. The van der Waals surface area contributed by atoms with Crippen LogP contribution in [-0.4, -0.2) is 43.1 Å². The topological polar surface area (TPSA) is 103 Å². The van der Waals surface area contributed by atoms with Crippen LogP contribution >= 0.6 is 11.3 Å². The first-order valence-corrected chi connectivity index (χ1v) is 14.2. The van der Waals surface area contributed by atoms with Crippen LogP contribution in [0, 0.1) is 17.6 Å². The Morgan fingerprint density at radius 1 is 0.951 bits per heavy atom. The molecule has 2 amide bonds. The number of hydrogen-bond donors (Lipinski definition) is 2. The predicted molar refractivity (Wildman–Crippen MR) is 150 cm³/mol. The number of rotatable bonds is 11. The maximum absolute atomic E-state index is 13.3. The molecule has 0 radical (unpaired) electrons. The maximum atomic E-state index is 13.3. The van der Waals surface area contributed by atoms with Crippen molar-refractivity contribution in [2.45, 2.75) is 52.2 Å². The van der Waals surface area contributed by atoms with Crippen LogP contribution in [0.4, 0.5) is 13.8 Å². The van der Waals surface area contributed by atoms with Gasteiger partial charge >= 0.3 is 5.97 Å². The van der Waals surface area contributed by atoms with Gasteiger partial charge in [0.2, 0.25) is 0 Å². The lowest BCUT2D eigenvalue weighted by molar-refractivity contribution is -0.150. The van der Waals surface area contributed by atoms with Gasteiger partial charge in [-0.1, -0.05) is 6.92 Å². The lowest BCUT2D eigenvalue weighted by Gasteiger charge is -2.19. The van der Waals surface area contributed by atoms with Crippen molar-refractivity contribution in [1.29, 1.82) is 0 Å². The summed E-state index contributed by atoms with van der Waals surface area (Å²) in [5.74, 6) is -1.16. The van der Waals surface area contributed by atoms with Crippen LogP contribution in [0.5, 0.6) is 11.5 Å². The Kier molecular flexibility index (Phi) is 9.93. The molecule has 3 aromatic rings. The van der Waals surface area contributed by atoms with Crippen LogP contribution < -0.4 is 20.1 Å². The first-order chi connectivity index (χ1) is 19.6. The molecule has 2 N–H and O–H groups in total. The van der Waals surface area contributed by atoms with Gasteiger partial charge < -0.3 is 24.8 Å². The molecule has 218 valence electrons. The number of esters is 1. The van der Waals surface area contributed by atoms with E-state index in [1.165, 1.54) is 66.8 Å². The molecule has 0 fully saturated rings. The van der Waals surface area contributed by atoms with E-state index in [0.29, 0.717) is 34.4 Å². The molecule has 41 heavy (non-hydrogen) atoms. The van der Waals surface area contributed by atoms with Crippen molar-refractivity contribution in [2.75, 3.05) is 18.5 Å². The molecule has 1 aliphatic rings. The number of carbonyl (C=O) groups excluding carboxylic acids is 3. The van der Waals surface area contributed by atoms with Gasteiger partial charge in [0.15, 0.2) is 12.2 Å². The summed E-state index contributed by atoms with van der Waals surface area (Å²) >= 11 is 1.37. The fourth-order valence-electron chi connectivity index (χ4n) is 4.35. The Morgan fingerprint density at radius 3 is 2.15 bits per heavy atom. The third kappa shape index (κ3) is 8.03. The predicted octanol–water partition coefficient (Wildman–Crippen LogP) is 5.30. The third-order valence-corrected chi connectivity index (χ3v) is 7.73. The van der Waals surface area contributed by atoms with Gasteiger partial charge in [0.25, 0.3) is 11.8 Å². The Morgan fingerprint density at radius 2 is 1.54 bits per heavy atom. The van der Waals surface area contributed by atoms with E-state index in [9.17, 15) is 23.2 Å². The number of fused-ring (bicyclic) bond motifs is 1. The number of halogens is 2. The molecule has 1 heterocycles. The number of thiophene rings is 1. The Hall–Kier alpha value is -3.99. The minimum absolute atomic E-state index is 0.0479. The number of anilines is 1. The summed E-state index contributed by atoms with van der Waals surface area (Å²) in [5.41, 5.74) is 1.31. The molecule has 4 rings (SSSR count). The average molecular weight is 587 g/mol. The molecule has 3 unspecified atom stereocenters. The fraction of sp³-hybridized carbons (Fsp3) is 0.367. The van der Waals surface area contributed by atoms with Crippen molar-refractivity contribution in [3.05, 3.63) is 76.2 Å². The summed E-state index contributed by atoms with van der Waals surface area (Å²) < 4.78 is 42.6. The SMILES string of the molecule is CC1CCc2c(sc(NC(=O)C(C)Oc3ccc(F)cc3)c2C(=O)NCCOC(=O)C(C)Oc2ccc(F)cc2)C1. The highest BCUT2D eigenvalue weighted by Gasteiger charge is 2.29. The number of carbonyl (C=O) groups is 3. The zero-order chi connectivity index (χ0) is 29.5. The minimum atomic E-state index is -0.928. The summed E-state index contributed by atoms with van der Waals surface area (Å²) in [6.45, 7) is 5.19. The molecule has 0 spiro atoms. The molecule has 3 atom stereocenters. The maximum Gasteiger partial charge on any atom is 0.347 e. The van der Waals surface area contributed by atoms with Crippen molar-refractivity contribution >= 4 is 34.1 Å². The highest BCUT2D eigenvalue weighted by molar-refractivity contribution is 7.17.